The Kier molecular flexibility index (Phi) is 2.71. The lowest BCUT2D eigenvalue weighted by molar-refractivity contribution is -0.127. The van der Waals surface area contributed by atoms with Gasteiger partial charge in [-0.2, -0.15) is 0 Å². The molecule has 13 heavy (non-hydrogen) atoms. The molecular weight excluding hydrogens is 191 g/mol. The van der Waals surface area contributed by atoms with Crippen molar-refractivity contribution in [1.82, 2.24) is 0 Å². The first-order valence-electron chi connectivity index (χ1n) is 3.90. The van der Waals surface area contributed by atoms with Gasteiger partial charge in [0.1, 0.15) is 0 Å². The molecule has 0 N–H and O–H groups in total. The third-order valence-corrected chi connectivity index (χ3v) is 2.30. The van der Waals surface area contributed by atoms with Crippen molar-refractivity contribution in [2.24, 2.45) is 0 Å². The predicted molar refractivity (Wildman–Crippen MR) is 50.6 cm³/mol. The zero-order valence-electron chi connectivity index (χ0n) is 7.47. The molecule has 70 valence electrons. The van der Waals surface area contributed by atoms with Crippen molar-refractivity contribution in [3.63, 3.8) is 0 Å². The molecule has 0 radical (unpaired) electrons. The van der Waals surface area contributed by atoms with Crippen molar-refractivity contribution in [3.8, 4) is 0 Å². The monoisotopic (exact) mass is 200 g/mol. The quantitative estimate of drug-likeness (QED) is 0.717. The van der Waals surface area contributed by atoms with Crippen LogP contribution >= 0.6 is 11.6 Å². The van der Waals surface area contributed by atoms with Crippen LogP contribution in [0.1, 0.15) is 19.4 Å². The maximum atomic E-state index is 13.7. The van der Waals surface area contributed by atoms with Crippen molar-refractivity contribution >= 4 is 17.4 Å². The summed E-state index contributed by atoms with van der Waals surface area (Å²) in [4.78, 5) is 10.9. The molecule has 0 fully saturated rings. The number of carbonyl (C=O) groups is 1. The lowest BCUT2D eigenvalue weighted by Gasteiger charge is -2.16. The predicted octanol–water partition coefficient (Wildman–Crippen LogP) is 3.11. The number of alkyl halides is 1. The van der Waals surface area contributed by atoms with Crippen LogP contribution in [0, 0.1) is 0 Å². The largest absolute Gasteiger partial charge is 0.296 e. The lowest BCUT2D eigenvalue weighted by atomic mass is 9.94. The van der Waals surface area contributed by atoms with E-state index in [-0.39, 0.29) is 0 Å². The van der Waals surface area contributed by atoms with Gasteiger partial charge in [0.25, 0.3) is 0 Å². The van der Waals surface area contributed by atoms with E-state index in [2.05, 4.69) is 0 Å². The number of Topliss-reactive ketones (excluding diaryl/α,β-unsaturated/α-hetero) is 1. The smallest absolute Gasteiger partial charge is 0.190 e. The SMILES string of the molecule is CC(=O)[C@@](C)(F)c1ccc(Cl)cc1. The van der Waals surface area contributed by atoms with E-state index in [1.807, 2.05) is 0 Å². The summed E-state index contributed by atoms with van der Waals surface area (Å²) in [6, 6.07) is 6.17. The number of carbonyl (C=O) groups excluding carboxylic acids is 1. The molecule has 0 unspecified atom stereocenters. The minimum atomic E-state index is -1.91. The summed E-state index contributed by atoms with van der Waals surface area (Å²) in [6.07, 6.45) is 0. The van der Waals surface area contributed by atoms with E-state index < -0.39 is 11.5 Å². The van der Waals surface area contributed by atoms with Crippen LogP contribution in [-0.2, 0) is 10.5 Å². The summed E-state index contributed by atoms with van der Waals surface area (Å²) < 4.78 is 13.7. The number of benzene rings is 1. The molecule has 0 aliphatic carbocycles. The first-order chi connectivity index (χ1) is 5.94. The topological polar surface area (TPSA) is 17.1 Å². The van der Waals surface area contributed by atoms with Gasteiger partial charge in [0, 0.05) is 5.02 Å². The standard InChI is InChI=1S/C10H10ClFO/c1-7(13)10(2,12)8-3-5-9(11)6-4-8/h3-6H,1-2H3/t10-/m1/s1. The number of halogens is 2. The van der Waals surface area contributed by atoms with Gasteiger partial charge in [-0.25, -0.2) is 4.39 Å². The van der Waals surface area contributed by atoms with Crippen LogP contribution < -0.4 is 0 Å². The third-order valence-electron chi connectivity index (χ3n) is 2.05. The molecule has 0 aliphatic rings. The number of hydrogen-bond donors (Lipinski definition) is 0. The molecule has 1 atom stereocenters. The summed E-state index contributed by atoms with van der Waals surface area (Å²) in [5.41, 5.74) is -1.57. The number of ketones is 1. The van der Waals surface area contributed by atoms with E-state index in [1.165, 1.54) is 26.0 Å². The highest BCUT2D eigenvalue weighted by molar-refractivity contribution is 6.30. The zero-order valence-corrected chi connectivity index (χ0v) is 8.23. The minimum absolute atomic E-state index is 0.337. The Bertz CT molecular complexity index is 316. The molecule has 0 heterocycles. The molecule has 1 rings (SSSR count). The maximum Gasteiger partial charge on any atom is 0.190 e. The van der Waals surface area contributed by atoms with Crippen molar-refractivity contribution in [3.05, 3.63) is 34.9 Å². The Balaban J connectivity index is 3.08. The highest BCUT2D eigenvalue weighted by atomic mass is 35.5. The minimum Gasteiger partial charge on any atom is -0.296 e. The zero-order chi connectivity index (χ0) is 10.1. The Morgan fingerprint density at radius 1 is 1.38 bits per heavy atom. The van der Waals surface area contributed by atoms with Crippen molar-refractivity contribution in [2.45, 2.75) is 19.5 Å². The molecule has 0 aromatic heterocycles. The summed E-state index contributed by atoms with van der Waals surface area (Å²) in [5.74, 6) is -0.505. The second kappa shape index (κ2) is 3.46. The molecule has 0 spiro atoms. The molecule has 0 saturated carbocycles. The second-order valence-electron chi connectivity index (χ2n) is 3.07. The van der Waals surface area contributed by atoms with Gasteiger partial charge in [-0.3, -0.25) is 4.79 Å². The summed E-state index contributed by atoms with van der Waals surface area (Å²) in [5, 5.41) is 0.531. The highest BCUT2D eigenvalue weighted by Crippen LogP contribution is 2.27. The Morgan fingerprint density at radius 2 is 1.85 bits per heavy atom. The average Bonchev–Trinajstić information content (AvgIpc) is 2.04. The van der Waals surface area contributed by atoms with Gasteiger partial charge >= 0.3 is 0 Å². The summed E-state index contributed by atoms with van der Waals surface area (Å²) in [7, 11) is 0. The van der Waals surface area contributed by atoms with Crippen LogP contribution in [0.4, 0.5) is 4.39 Å². The molecule has 0 aliphatic heterocycles. The van der Waals surface area contributed by atoms with Crippen LogP contribution in [-0.4, -0.2) is 5.78 Å². The van der Waals surface area contributed by atoms with Gasteiger partial charge in [-0.05, 0) is 31.5 Å². The fourth-order valence-electron chi connectivity index (χ4n) is 0.966. The average molecular weight is 201 g/mol. The summed E-state index contributed by atoms with van der Waals surface area (Å²) in [6.45, 7) is 2.48. The van der Waals surface area contributed by atoms with E-state index in [0.29, 0.717) is 10.6 Å². The van der Waals surface area contributed by atoms with Crippen LogP contribution in [0.2, 0.25) is 5.02 Å². The molecular formula is C10H10ClFO. The number of rotatable bonds is 2. The van der Waals surface area contributed by atoms with Crippen LogP contribution in [0.3, 0.4) is 0 Å². The van der Waals surface area contributed by atoms with Crippen LogP contribution in [0.25, 0.3) is 0 Å². The maximum absolute atomic E-state index is 13.7. The second-order valence-corrected chi connectivity index (χ2v) is 3.50. The third kappa shape index (κ3) is 2.07. The molecule has 1 aromatic rings. The Morgan fingerprint density at radius 3 is 2.23 bits per heavy atom. The van der Waals surface area contributed by atoms with Gasteiger partial charge in [-0.1, -0.05) is 23.7 Å². The van der Waals surface area contributed by atoms with Crippen molar-refractivity contribution in [2.75, 3.05) is 0 Å². The van der Waals surface area contributed by atoms with E-state index in [4.69, 9.17) is 11.6 Å². The van der Waals surface area contributed by atoms with E-state index >= 15 is 0 Å². The lowest BCUT2D eigenvalue weighted by Crippen LogP contribution is -2.24. The van der Waals surface area contributed by atoms with Gasteiger partial charge in [0.15, 0.2) is 11.5 Å². The van der Waals surface area contributed by atoms with E-state index in [9.17, 15) is 9.18 Å². The first-order valence-corrected chi connectivity index (χ1v) is 4.28. The first kappa shape index (κ1) is 10.2. The van der Waals surface area contributed by atoms with Crippen LogP contribution in [0.5, 0.6) is 0 Å². The normalized spacial score (nSPS) is 15.1. The van der Waals surface area contributed by atoms with Crippen molar-refractivity contribution in [1.29, 1.82) is 0 Å². The molecule has 1 nitrogen and oxygen atoms in total. The molecule has 3 heteroatoms. The molecule has 0 bridgehead atoms. The summed E-state index contributed by atoms with van der Waals surface area (Å²) >= 11 is 5.63. The van der Waals surface area contributed by atoms with Crippen molar-refractivity contribution < 1.29 is 9.18 Å². The Labute approximate surface area is 81.5 Å². The fourth-order valence-corrected chi connectivity index (χ4v) is 1.09. The van der Waals surface area contributed by atoms with Gasteiger partial charge in [-0.15, -0.1) is 0 Å². The highest BCUT2D eigenvalue weighted by Gasteiger charge is 2.31. The van der Waals surface area contributed by atoms with Gasteiger partial charge < -0.3 is 0 Å². The van der Waals surface area contributed by atoms with E-state index in [0.717, 1.165) is 0 Å². The fraction of sp³-hybridized carbons (Fsp3) is 0.300. The Hall–Kier alpha value is -0.890. The molecule has 1 aromatic carbocycles. The molecule has 0 amide bonds. The molecule has 0 saturated heterocycles. The van der Waals surface area contributed by atoms with Crippen LogP contribution in [0.15, 0.2) is 24.3 Å². The van der Waals surface area contributed by atoms with E-state index in [1.54, 1.807) is 12.1 Å². The van der Waals surface area contributed by atoms with Gasteiger partial charge in [0.2, 0.25) is 0 Å². The van der Waals surface area contributed by atoms with Gasteiger partial charge in [0.05, 0.1) is 0 Å². The number of hydrogen-bond acceptors (Lipinski definition) is 1.